The normalized spacial score (nSPS) is 13.7. The average Bonchev–Trinajstić information content (AvgIpc) is 3.41. The molecule has 27 heavy (non-hydrogen) atoms. The highest BCUT2D eigenvalue weighted by atomic mass is 32.2. The third kappa shape index (κ3) is 6.83. The highest BCUT2D eigenvalue weighted by Crippen LogP contribution is 2.28. The van der Waals surface area contributed by atoms with Gasteiger partial charge in [-0.3, -0.25) is 19.7 Å². The summed E-state index contributed by atoms with van der Waals surface area (Å²) in [6, 6.07) is 3.17. The summed E-state index contributed by atoms with van der Waals surface area (Å²) in [6.45, 7) is 0.168. The Morgan fingerprint density at radius 3 is 2.63 bits per heavy atom. The molecule has 0 saturated heterocycles. The Morgan fingerprint density at radius 1 is 1.33 bits per heavy atom. The molecule has 0 aliphatic heterocycles. The first-order chi connectivity index (χ1) is 12.7. The molecule has 1 saturated carbocycles. The van der Waals surface area contributed by atoms with E-state index in [2.05, 4.69) is 10.6 Å². The van der Waals surface area contributed by atoms with Gasteiger partial charge in [-0.25, -0.2) is 13.6 Å². The van der Waals surface area contributed by atoms with Gasteiger partial charge in [-0.15, -0.1) is 0 Å². The van der Waals surface area contributed by atoms with Crippen LogP contribution in [0.2, 0.25) is 0 Å². The summed E-state index contributed by atoms with van der Waals surface area (Å²) < 4.78 is 27.5. The van der Waals surface area contributed by atoms with Gasteiger partial charge in [-0.05, 0) is 30.9 Å². The zero-order valence-corrected chi connectivity index (χ0v) is 15.2. The fraction of sp³-hybridized carbons (Fsp3) is 0.467. The van der Waals surface area contributed by atoms with Crippen LogP contribution in [0.15, 0.2) is 23.1 Å². The Balaban J connectivity index is 1.80. The van der Waals surface area contributed by atoms with Gasteiger partial charge in [-0.1, -0.05) is 0 Å². The van der Waals surface area contributed by atoms with E-state index in [1.165, 1.54) is 6.07 Å². The summed E-state index contributed by atoms with van der Waals surface area (Å²) in [4.78, 5) is 33.1. The molecule has 0 heterocycles. The number of nitro benzene ring substituents is 1. The first kappa shape index (κ1) is 20.6. The zero-order valence-electron chi connectivity index (χ0n) is 14.3. The first-order valence-corrected chi connectivity index (χ1v) is 9.69. The van der Waals surface area contributed by atoms with Gasteiger partial charge in [-0.2, -0.15) is 0 Å². The molecule has 1 aliphatic carbocycles. The molecule has 148 valence electrons. The van der Waals surface area contributed by atoms with Gasteiger partial charge in [0, 0.05) is 19.0 Å². The number of nitrogens with zero attached hydrogens (tertiary/aromatic N) is 1. The Hall–Kier alpha value is -2.73. The van der Waals surface area contributed by atoms with Gasteiger partial charge in [0.25, 0.3) is 5.69 Å². The Labute approximate surface area is 155 Å². The molecule has 0 aromatic heterocycles. The Kier molecular flexibility index (Phi) is 6.69. The van der Waals surface area contributed by atoms with Crippen molar-refractivity contribution in [1.82, 2.24) is 5.32 Å². The number of amides is 1. The molecule has 1 fully saturated rings. The van der Waals surface area contributed by atoms with Crippen molar-refractivity contribution < 1.29 is 27.7 Å². The molecule has 0 atom stereocenters. The van der Waals surface area contributed by atoms with E-state index in [-0.39, 0.29) is 30.1 Å². The van der Waals surface area contributed by atoms with E-state index in [1.54, 1.807) is 0 Å². The van der Waals surface area contributed by atoms with Crippen LogP contribution in [0.4, 0.5) is 11.4 Å². The summed E-state index contributed by atoms with van der Waals surface area (Å²) in [6.07, 6.45) is 2.05. The Bertz CT molecular complexity index is 837. The zero-order chi connectivity index (χ0) is 20.0. The topological polar surface area (TPSA) is 171 Å². The van der Waals surface area contributed by atoms with E-state index in [0.717, 1.165) is 25.0 Å². The molecule has 0 radical (unpaired) electrons. The third-order valence-corrected chi connectivity index (χ3v) is 4.68. The van der Waals surface area contributed by atoms with E-state index in [9.17, 15) is 28.1 Å². The quantitative estimate of drug-likeness (QED) is 0.282. The van der Waals surface area contributed by atoms with Crippen molar-refractivity contribution in [2.24, 2.45) is 11.1 Å². The van der Waals surface area contributed by atoms with Gasteiger partial charge in [0.1, 0.15) is 12.2 Å². The predicted octanol–water partition coefficient (Wildman–Crippen LogP) is 0.114. The monoisotopic (exact) mass is 400 g/mol. The SMILES string of the molecule is NS(=O)(=O)c1ccc(NCCC(=O)NCC(=O)OCC2CC2)c([N+](=O)[O-])c1. The largest absolute Gasteiger partial charge is 0.464 e. The van der Waals surface area contributed by atoms with Crippen LogP contribution < -0.4 is 15.8 Å². The van der Waals surface area contributed by atoms with Crippen molar-refractivity contribution in [3.63, 3.8) is 0 Å². The minimum Gasteiger partial charge on any atom is -0.464 e. The maximum Gasteiger partial charge on any atom is 0.325 e. The van der Waals surface area contributed by atoms with E-state index >= 15 is 0 Å². The molecule has 4 N–H and O–H groups in total. The van der Waals surface area contributed by atoms with Gasteiger partial charge in [0.05, 0.1) is 16.4 Å². The first-order valence-electron chi connectivity index (χ1n) is 8.14. The van der Waals surface area contributed by atoms with Crippen molar-refractivity contribution in [1.29, 1.82) is 0 Å². The summed E-state index contributed by atoms with van der Waals surface area (Å²) in [5, 5.41) is 21.1. The second-order valence-corrected chi connectivity index (χ2v) is 7.62. The number of rotatable bonds is 10. The minimum absolute atomic E-state index is 0.0402. The molecule has 1 amide bonds. The molecule has 0 unspecified atom stereocenters. The molecule has 0 spiro atoms. The van der Waals surface area contributed by atoms with Crippen molar-refractivity contribution in [3.05, 3.63) is 28.3 Å². The van der Waals surface area contributed by atoms with E-state index in [4.69, 9.17) is 9.88 Å². The van der Waals surface area contributed by atoms with Crippen LogP contribution in [0.5, 0.6) is 0 Å². The van der Waals surface area contributed by atoms with Crippen LogP contribution in [0.1, 0.15) is 19.3 Å². The number of nitrogens with one attached hydrogen (secondary N) is 2. The smallest absolute Gasteiger partial charge is 0.325 e. The number of nitrogens with two attached hydrogens (primary N) is 1. The van der Waals surface area contributed by atoms with E-state index in [0.29, 0.717) is 12.5 Å². The van der Waals surface area contributed by atoms with Gasteiger partial charge >= 0.3 is 5.97 Å². The van der Waals surface area contributed by atoms with Crippen molar-refractivity contribution >= 4 is 33.3 Å². The second kappa shape index (κ2) is 8.77. The van der Waals surface area contributed by atoms with Gasteiger partial charge < -0.3 is 15.4 Å². The molecule has 11 nitrogen and oxygen atoms in total. The number of primary sulfonamides is 1. The van der Waals surface area contributed by atoms with E-state index in [1.807, 2.05) is 0 Å². The van der Waals surface area contributed by atoms with Crippen LogP contribution in [-0.2, 0) is 24.3 Å². The van der Waals surface area contributed by atoms with Crippen LogP contribution in [0.25, 0.3) is 0 Å². The summed E-state index contributed by atoms with van der Waals surface area (Å²) in [5.74, 6) is -0.516. The number of ether oxygens (including phenoxy) is 1. The van der Waals surface area contributed by atoms with Crippen molar-refractivity contribution in [2.45, 2.75) is 24.2 Å². The van der Waals surface area contributed by atoms with Gasteiger partial charge in [0.2, 0.25) is 15.9 Å². The number of esters is 1. The molecule has 2 rings (SSSR count). The maximum atomic E-state index is 11.7. The number of nitro groups is 1. The maximum absolute atomic E-state index is 11.7. The molecular weight excluding hydrogens is 380 g/mol. The van der Waals surface area contributed by atoms with Gasteiger partial charge in [0.15, 0.2) is 0 Å². The van der Waals surface area contributed by atoms with Crippen LogP contribution in [-0.4, -0.2) is 44.9 Å². The standard InChI is InChI=1S/C15H20N4O7S/c16-27(24,25)11-3-4-12(13(7-11)19(22)23)17-6-5-14(20)18-8-15(21)26-9-10-1-2-10/h3-4,7,10,17H,1-2,5-6,8-9H2,(H,18,20)(H2,16,24,25). The second-order valence-electron chi connectivity index (χ2n) is 6.06. The fourth-order valence-corrected chi connectivity index (χ4v) is 2.64. The van der Waals surface area contributed by atoms with E-state index < -0.39 is 32.5 Å². The number of carbonyl (C=O) groups excluding carboxylic acids is 2. The van der Waals surface area contributed by atoms with Crippen LogP contribution >= 0.6 is 0 Å². The predicted molar refractivity (Wildman–Crippen MR) is 94.3 cm³/mol. The summed E-state index contributed by atoms with van der Waals surface area (Å²) in [7, 11) is -4.07. The molecule has 0 bridgehead atoms. The lowest BCUT2D eigenvalue weighted by molar-refractivity contribution is -0.384. The number of benzene rings is 1. The fourth-order valence-electron chi connectivity index (χ4n) is 2.11. The van der Waals surface area contributed by atoms with Crippen LogP contribution in [0, 0.1) is 16.0 Å². The number of hydrogen-bond acceptors (Lipinski definition) is 8. The van der Waals surface area contributed by atoms with Crippen molar-refractivity contribution in [2.75, 3.05) is 25.0 Å². The molecule has 1 aromatic rings. The molecule has 1 aliphatic rings. The number of anilines is 1. The minimum atomic E-state index is -4.07. The lowest BCUT2D eigenvalue weighted by Gasteiger charge is -2.09. The van der Waals surface area contributed by atoms with Crippen molar-refractivity contribution in [3.8, 4) is 0 Å². The molecule has 12 heteroatoms. The summed E-state index contributed by atoms with van der Waals surface area (Å²) >= 11 is 0. The number of hydrogen-bond donors (Lipinski definition) is 3. The highest BCUT2D eigenvalue weighted by Gasteiger charge is 2.23. The third-order valence-electron chi connectivity index (χ3n) is 3.77. The number of carbonyl (C=O) groups is 2. The lowest BCUT2D eigenvalue weighted by Crippen LogP contribution is -2.32. The highest BCUT2D eigenvalue weighted by molar-refractivity contribution is 7.89. The average molecular weight is 400 g/mol. The molecular formula is C15H20N4O7S. The Morgan fingerprint density at radius 2 is 2.04 bits per heavy atom. The molecule has 1 aromatic carbocycles. The number of sulfonamides is 1. The van der Waals surface area contributed by atoms with Crippen LogP contribution in [0.3, 0.4) is 0 Å². The lowest BCUT2D eigenvalue weighted by atomic mass is 10.2. The summed E-state index contributed by atoms with van der Waals surface area (Å²) in [5.41, 5.74) is -0.436.